The SMILES string of the molecule is C=CC1C2=C(C(=O)C[C@H](CCCCCCCCC(O)[C@H](O)CCCCCCCC)C1O)N(C)C=CC2. The number of aliphatic hydroxyl groups excluding tert-OH is 3. The minimum absolute atomic E-state index is 0.0252. The van der Waals surface area contributed by atoms with Gasteiger partial charge in [-0.2, -0.15) is 0 Å². The Balaban J connectivity index is 1.58. The van der Waals surface area contributed by atoms with Gasteiger partial charge in [0.05, 0.1) is 24.0 Å². The van der Waals surface area contributed by atoms with Crippen LogP contribution in [0.3, 0.4) is 0 Å². The van der Waals surface area contributed by atoms with Crippen LogP contribution in [0, 0.1) is 11.8 Å². The number of hydrogen-bond donors (Lipinski definition) is 3. The third-order valence-corrected chi connectivity index (χ3v) is 8.16. The Hall–Kier alpha value is -1.43. The van der Waals surface area contributed by atoms with Gasteiger partial charge < -0.3 is 20.2 Å². The van der Waals surface area contributed by atoms with Gasteiger partial charge >= 0.3 is 0 Å². The Morgan fingerprint density at radius 3 is 2.11 bits per heavy atom. The molecular weight excluding hydrogens is 450 g/mol. The Labute approximate surface area is 220 Å². The lowest BCUT2D eigenvalue weighted by atomic mass is 9.82. The van der Waals surface area contributed by atoms with E-state index in [1.165, 1.54) is 25.7 Å². The van der Waals surface area contributed by atoms with Crippen molar-refractivity contribution in [3.63, 3.8) is 0 Å². The van der Waals surface area contributed by atoms with Crippen LogP contribution < -0.4 is 0 Å². The molecule has 0 amide bonds. The van der Waals surface area contributed by atoms with E-state index >= 15 is 0 Å². The molecule has 0 saturated heterocycles. The van der Waals surface area contributed by atoms with Gasteiger partial charge in [0, 0.05) is 25.6 Å². The Morgan fingerprint density at radius 1 is 0.972 bits per heavy atom. The molecule has 3 unspecified atom stereocenters. The molecule has 3 N–H and O–H groups in total. The molecule has 0 aromatic heterocycles. The molecule has 0 radical (unpaired) electrons. The summed E-state index contributed by atoms with van der Waals surface area (Å²) in [7, 11) is 1.91. The maximum Gasteiger partial charge on any atom is 0.179 e. The quantitative estimate of drug-likeness (QED) is 0.148. The van der Waals surface area contributed by atoms with Gasteiger partial charge in [0.25, 0.3) is 0 Å². The molecule has 206 valence electrons. The molecule has 0 aromatic carbocycles. The van der Waals surface area contributed by atoms with Crippen LogP contribution in [0.5, 0.6) is 0 Å². The van der Waals surface area contributed by atoms with E-state index in [-0.39, 0.29) is 17.6 Å². The van der Waals surface area contributed by atoms with Gasteiger partial charge in [-0.25, -0.2) is 0 Å². The molecular formula is C31H53NO4. The summed E-state index contributed by atoms with van der Waals surface area (Å²) < 4.78 is 0. The molecule has 5 heteroatoms. The van der Waals surface area contributed by atoms with Crippen LogP contribution in [0.25, 0.3) is 0 Å². The highest BCUT2D eigenvalue weighted by Crippen LogP contribution is 2.38. The van der Waals surface area contributed by atoms with Gasteiger partial charge in [0.15, 0.2) is 5.78 Å². The summed E-state index contributed by atoms with van der Waals surface area (Å²) in [5.74, 6) is -0.0445. The molecule has 1 aliphatic heterocycles. The second-order valence-corrected chi connectivity index (χ2v) is 11.1. The van der Waals surface area contributed by atoms with Crippen molar-refractivity contribution in [2.75, 3.05) is 7.05 Å². The summed E-state index contributed by atoms with van der Waals surface area (Å²) in [6, 6.07) is 0. The van der Waals surface area contributed by atoms with Crippen LogP contribution in [0.2, 0.25) is 0 Å². The molecule has 0 fully saturated rings. The molecule has 1 heterocycles. The van der Waals surface area contributed by atoms with Crippen LogP contribution in [0.15, 0.2) is 36.2 Å². The van der Waals surface area contributed by atoms with Crippen LogP contribution in [0.1, 0.15) is 116 Å². The minimum atomic E-state index is -0.596. The fraction of sp³-hybridized carbons (Fsp3) is 0.774. The van der Waals surface area contributed by atoms with Crippen molar-refractivity contribution in [1.29, 1.82) is 0 Å². The van der Waals surface area contributed by atoms with Crippen molar-refractivity contribution in [3.05, 3.63) is 36.2 Å². The largest absolute Gasteiger partial charge is 0.392 e. The van der Waals surface area contributed by atoms with Crippen LogP contribution in [-0.2, 0) is 4.79 Å². The molecule has 2 rings (SSSR count). The van der Waals surface area contributed by atoms with E-state index in [4.69, 9.17) is 0 Å². The van der Waals surface area contributed by atoms with E-state index in [0.717, 1.165) is 69.1 Å². The smallest absolute Gasteiger partial charge is 0.179 e. The van der Waals surface area contributed by atoms with E-state index in [1.807, 2.05) is 30.3 Å². The fourth-order valence-electron chi connectivity index (χ4n) is 5.90. The maximum atomic E-state index is 13.0. The summed E-state index contributed by atoms with van der Waals surface area (Å²) in [5.41, 5.74) is 1.76. The molecule has 0 bridgehead atoms. The van der Waals surface area contributed by atoms with Gasteiger partial charge in [0.2, 0.25) is 0 Å². The standard InChI is InChI=1S/C31H53NO4/c1-4-6-7-8-12-15-20-27(33)28(34)21-16-13-10-9-11-14-18-24-23-29(35)30-26(19-17-22-32(30)3)25(5-2)31(24)36/h5,17,22,24-25,27-28,31,33-34,36H,2,4,6-16,18-21,23H2,1,3H3/t24-,25?,27+,28?,31?/m0/s1. The van der Waals surface area contributed by atoms with Gasteiger partial charge in [-0.05, 0) is 37.2 Å². The molecule has 0 saturated carbocycles. The monoisotopic (exact) mass is 503 g/mol. The lowest BCUT2D eigenvalue weighted by Gasteiger charge is -2.29. The number of likely N-dealkylation sites (N-methyl/N-ethyl adjacent to an activating group) is 1. The summed E-state index contributed by atoms with van der Waals surface area (Å²) in [6.07, 6.45) is 21.0. The second-order valence-electron chi connectivity index (χ2n) is 11.1. The first kappa shape index (κ1) is 30.8. The summed E-state index contributed by atoms with van der Waals surface area (Å²) in [6.45, 7) is 6.17. The number of nitrogens with zero attached hydrogens (tertiary/aromatic N) is 1. The number of carbonyl (C=O) groups excluding carboxylic acids is 1. The van der Waals surface area contributed by atoms with E-state index in [2.05, 4.69) is 13.5 Å². The average Bonchev–Trinajstić information content (AvgIpc) is 2.96. The predicted molar refractivity (Wildman–Crippen MR) is 148 cm³/mol. The Bertz CT molecular complexity index is 715. The summed E-state index contributed by atoms with van der Waals surface area (Å²) in [4.78, 5) is 14.9. The highest BCUT2D eigenvalue weighted by molar-refractivity contribution is 5.96. The zero-order chi connectivity index (χ0) is 26.3. The normalized spacial score (nSPS) is 24.0. The fourth-order valence-corrected chi connectivity index (χ4v) is 5.90. The van der Waals surface area contributed by atoms with Gasteiger partial charge in [-0.3, -0.25) is 4.79 Å². The number of Topliss-reactive ketones (excluding diaryl/α,β-unsaturated/α-hetero) is 1. The number of rotatable bonds is 18. The number of hydrogen-bond acceptors (Lipinski definition) is 5. The summed E-state index contributed by atoms with van der Waals surface area (Å²) in [5, 5.41) is 31.5. The molecule has 0 aromatic rings. The van der Waals surface area contributed by atoms with Crippen LogP contribution in [0.4, 0.5) is 0 Å². The molecule has 0 spiro atoms. The lowest BCUT2D eigenvalue weighted by molar-refractivity contribution is -0.118. The molecule has 36 heavy (non-hydrogen) atoms. The molecule has 5 atom stereocenters. The summed E-state index contributed by atoms with van der Waals surface area (Å²) >= 11 is 0. The highest BCUT2D eigenvalue weighted by Gasteiger charge is 2.37. The van der Waals surface area contributed by atoms with Crippen LogP contribution >= 0.6 is 0 Å². The van der Waals surface area contributed by atoms with Gasteiger partial charge in [-0.1, -0.05) is 96.1 Å². The van der Waals surface area contributed by atoms with Crippen molar-refractivity contribution >= 4 is 5.78 Å². The Morgan fingerprint density at radius 2 is 1.53 bits per heavy atom. The minimum Gasteiger partial charge on any atom is -0.392 e. The topological polar surface area (TPSA) is 81.0 Å². The van der Waals surface area contributed by atoms with E-state index in [0.29, 0.717) is 25.7 Å². The number of ketones is 1. The van der Waals surface area contributed by atoms with Crippen molar-refractivity contribution in [2.45, 2.75) is 134 Å². The third kappa shape index (κ3) is 9.79. The second kappa shape index (κ2) is 17.1. The first-order chi connectivity index (χ1) is 17.4. The van der Waals surface area contributed by atoms with Gasteiger partial charge in [0.1, 0.15) is 0 Å². The van der Waals surface area contributed by atoms with Crippen molar-refractivity contribution in [3.8, 4) is 0 Å². The predicted octanol–water partition coefficient (Wildman–Crippen LogP) is 6.44. The molecule has 2 aliphatic rings. The average molecular weight is 504 g/mol. The van der Waals surface area contributed by atoms with Crippen molar-refractivity contribution in [2.24, 2.45) is 11.8 Å². The van der Waals surface area contributed by atoms with Crippen LogP contribution in [-0.4, -0.2) is 51.4 Å². The maximum absolute atomic E-state index is 13.0. The van der Waals surface area contributed by atoms with Crippen molar-refractivity contribution < 1.29 is 20.1 Å². The first-order valence-electron chi connectivity index (χ1n) is 14.7. The number of carbonyl (C=O) groups is 1. The van der Waals surface area contributed by atoms with E-state index in [9.17, 15) is 20.1 Å². The third-order valence-electron chi connectivity index (χ3n) is 8.16. The molecule has 5 nitrogen and oxygen atoms in total. The van der Waals surface area contributed by atoms with Crippen molar-refractivity contribution in [1.82, 2.24) is 4.90 Å². The number of allylic oxidation sites excluding steroid dienone is 2. The van der Waals surface area contributed by atoms with Gasteiger partial charge in [-0.15, -0.1) is 6.58 Å². The Kier molecular flexibility index (Phi) is 14.7. The first-order valence-corrected chi connectivity index (χ1v) is 14.7. The molecule has 1 aliphatic carbocycles. The highest BCUT2D eigenvalue weighted by atomic mass is 16.3. The van der Waals surface area contributed by atoms with E-state index in [1.54, 1.807) is 0 Å². The number of aliphatic hydroxyl groups is 3. The zero-order valence-corrected chi connectivity index (χ0v) is 23.0. The zero-order valence-electron chi connectivity index (χ0n) is 23.0. The van der Waals surface area contributed by atoms with E-state index < -0.39 is 18.3 Å². The lowest BCUT2D eigenvalue weighted by Crippen LogP contribution is -2.29. The number of unbranched alkanes of at least 4 members (excludes halogenated alkanes) is 10.